The first-order valence-corrected chi connectivity index (χ1v) is 11.1. The van der Waals surface area contributed by atoms with Crippen LogP contribution >= 0.6 is 0 Å². The average molecular weight is 435 g/mol. The Bertz CT molecular complexity index is 1190. The summed E-state index contributed by atoms with van der Waals surface area (Å²) in [6.07, 6.45) is 0. The first-order valence-electron chi connectivity index (χ1n) is 9.62. The SMILES string of the molecule is CCn1c(COC(=O)c2c(C)noc2C(C)C)nc2cc(S(=O)(=O)N(C)C)ccc21. The van der Waals surface area contributed by atoms with Crippen LogP contribution in [0.25, 0.3) is 11.0 Å². The minimum atomic E-state index is -3.57. The van der Waals surface area contributed by atoms with Crippen molar-refractivity contribution < 1.29 is 22.5 Å². The lowest BCUT2D eigenvalue weighted by Crippen LogP contribution is -2.22. The van der Waals surface area contributed by atoms with Crippen molar-refractivity contribution in [2.24, 2.45) is 0 Å². The Kier molecular flexibility index (Phi) is 6.00. The number of rotatable bonds is 7. The molecule has 0 atom stereocenters. The lowest BCUT2D eigenvalue weighted by Gasteiger charge is -2.11. The van der Waals surface area contributed by atoms with Crippen LogP contribution < -0.4 is 0 Å². The molecule has 0 spiro atoms. The Morgan fingerprint density at radius 3 is 2.60 bits per heavy atom. The maximum Gasteiger partial charge on any atom is 0.344 e. The van der Waals surface area contributed by atoms with E-state index < -0.39 is 16.0 Å². The number of benzene rings is 1. The van der Waals surface area contributed by atoms with Crippen molar-refractivity contribution in [3.8, 4) is 0 Å². The number of sulfonamides is 1. The van der Waals surface area contributed by atoms with Crippen molar-refractivity contribution in [1.29, 1.82) is 0 Å². The maximum absolute atomic E-state index is 12.7. The topological polar surface area (TPSA) is 108 Å². The van der Waals surface area contributed by atoms with Gasteiger partial charge in [-0.05, 0) is 32.0 Å². The summed E-state index contributed by atoms with van der Waals surface area (Å²) in [6.45, 7) is 7.99. The number of hydrogen-bond acceptors (Lipinski definition) is 7. The molecule has 30 heavy (non-hydrogen) atoms. The highest BCUT2D eigenvalue weighted by atomic mass is 32.2. The van der Waals surface area contributed by atoms with Gasteiger partial charge in [-0.3, -0.25) is 0 Å². The number of hydrogen-bond donors (Lipinski definition) is 0. The highest BCUT2D eigenvalue weighted by Crippen LogP contribution is 2.25. The summed E-state index contributed by atoms with van der Waals surface area (Å²) in [5.74, 6) is 0.481. The van der Waals surface area contributed by atoms with E-state index in [0.717, 1.165) is 9.82 Å². The van der Waals surface area contributed by atoms with E-state index in [1.54, 1.807) is 19.1 Å². The number of ether oxygens (including phenoxy) is 1. The van der Waals surface area contributed by atoms with Crippen LogP contribution in [-0.2, 0) is 27.9 Å². The Labute approximate surface area is 175 Å². The van der Waals surface area contributed by atoms with Crippen LogP contribution in [0.15, 0.2) is 27.6 Å². The van der Waals surface area contributed by atoms with E-state index in [4.69, 9.17) is 9.26 Å². The van der Waals surface area contributed by atoms with Crippen LogP contribution in [0.5, 0.6) is 0 Å². The van der Waals surface area contributed by atoms with Gasteiger partial charge in [0.2, 0.25) is 10.0 Å². The molecule has 0 aliphatic heterocycles. The highest BCUT2D eigenvalue weighted by molar-refractivity contribution is 7.89. The predicted molar refractivity (Wildman–Crippen MR) is 111 cm³/mol. The molecular formula is C20H26N4O5S. The van der Waals surface area contributed by atoms with Crippen LogP contribution in [0.2, 0.25) is 0 Å². The lowest BCUT2D eigenvalue weighted by atomic mass is 10.1. The molecule has 0 amide bonds. The third-order valence-corrected chi connectivity index (χ3v) is 6.65. The Hall–Kier alpha value is -2.72. The summed E-state index contributed by atoms with van der Waals surface area (Å²) in [5, 5.41) is 3.87. The van der Waals surface area contributed by atoms with Gasteiger partial charge in [-0.1, -0.05) is 19.0 Å². The second kappa shape index (κ2) is 8.19. The Morgan fingerprint density at radius 1 is 1.30 bits per heavy atom. The van der Waals surface area contributed by atoms with E-state index >= 15 is 0 Å². The summed E-state index contributed by atoms with van der Waals surface area (Å²) in [4.78, 5) is 17.3. The maximum atomic E-state index is 12.7. The molecule has 2 heterocycles. The minimum absolute atomic E-state index is 0.00830. The van der Waals surface area contributed by atoms with Crippen molar-refractivity contribution in [2.45, 2.75) is 51.7 Å². The fourth-order valence-corrected chi connectivity index (χ4v) is 4.15. The van der Waals surface area contributed by atoms with E-state index in [0.29, 0.717) is 34.9 Å². The van der Waals surface area contributed by atoms with Crippen LogP contribution in [0.1, 0.15) is 54.3 Å². The van der Waals surface area contributed by atoms with E-state index in [1.807, 2.05) is 25.3 Å². The van der Waals surface area contributed by atoms with Crippen LogP contribution in [0.3, 0.4) is 0 Å². The van der Waals surface area contributed by atoms with Crippen molar-refractivity contribution in [1.82, 2.24) is 19.0 Å². The van der Waals surface area contributed by atoms with Crippen LogP contribution in [-0.4, -0.2) is 47.5 Å². The summed E-state index contributed by atoms with van der Waals surface area (Å²) in [7, 11) is -0.612. The Morgan fingerprint density at radius 2 is 2.00 bits per heavy atom. The molecule has 9 nitrogen and oxygen atoms in total. The molecule has 0 aliphatic rings. The predicted octanol–water partition coefficient (Wildman–Crippen LogP) is 3.08. The minimum Gasteiger partial charge on any atom is -0.454 e. The van der Waals surface area contributed by atoms with Crippen LogP contribution in [0.4, 0.5) is 0 Å². The third-order valence-electron chi connectivity index (χ3n) is 4.84. The molecule has 0 saturated carbocycles. The largest absolute Gasteiger partial charge is 0.454 e. The third kappa shape index (κ3) is 3.84. The number of fused-ring (bicyclic) bond motifs is 1. The van der Waals surface area contributed by atoms with Gasteiger partial charge in [0.05, 0.1) is 21.6 Å². The molecule has 0 unspecified atom stereocenters. The molecule has 0 radical (unpaired) electrons. The summed E-state index contributed by atoms with van der Waals surface area (Å²) >= 11 is 0. The van der Waals surface area contributed by atoms with Crippen molar-refractivity contribution in [3.63, 3.8) is 0 Å². The monoisotopic (exact) mass is 434 g/mol. The average Bonchev–Trinajstić information content (AvgIpc) is 3.25. The van der Waals surface area contributed by atoms with E-state index in [2.05, 4.69) is 10.1 Å². The number of nitrogens with zero attached hydrogens (tertiary/aromatic N) is 4. The van der Waals surface area contributed by atoms with Crippen LogP contribution in [0, 0.1) is 6.92 Å². The summed E-state index contributed by atoms with van der Waals surface area (Å²) in [5.41, 5.74) is 2.11. The number of imidazole rings is 1. The highest BCUT2D eigenvalue weighted by Gasteiger charge is 2.25. The van der Waals surface area contributed by atoms with Crippen molar-refractivity contribution in [2.75, 3.05) is 14.1 Å². The summed E-state index contributed by atoms with van der Waals surface area (Å²) in [6, 6.07) is 4.80. The zero-order valence-corrected chi connectivity index (χ0v) is 18.8. The standard InChI is InChI=1S/C20H26N4O5S/c1-7-24-16-9-8-14(30(26,27)23(5)6)10-15(16)21-17(24)11-28-20(25)18-13(4)22-29-19(18)12(2)3/h8-10,12H,7,11H2,1-6H3. The Balaban J connectivity index is 1.91. The van der Waals surface area contributed by atoms with Gasteiger partial charge >= 0.3 is 5.97 Å². The summed E-state index contributed by atoms with van der Waals surface area (Å²) < 4.78 is 38.6. The zero-order chi connectivity index (χ0) is 22.2. The second-order valence-electron chi connectivity index (χ2n) is 7.45. The molecule has 0 bridgehead atoms. The fourth-order valence-electron chi connectivity index (χ4n) is 3.23. The molecule has 2 aromatic heterocycles. The van der Waals surface area contributed by atoms with Crippen molar-refractivity contribution in [3.05, 3.63) is 41.0 Å². The first kappa shape index (κ1) is 22.0. The quantitative estimate of drug-likeness (QED) is 0.526. The van der Waals surface area contributed by atoms with E-state index in [9.17, 15) is 13.2 Å². The number of aromatic nitrogens is 3. The van der Waals surface area contributed by atoms with E-state index in [1.165, 1.54) is 20.2 Å². The van der Waals surface area contributed by atoms with Gasteiger partial charge < -0.3 is 13.8 Å². The zero-order valence-electron chi connectivity index (χ0n) is 18.0. The molecule has 10 heteroatoms. The fraction of sp³-hybridized carbons (Fsp3) is 0.450. The van der Waals surface area contributed by atoms with Gasteiger partial charge in [-0.15, -0.1) is 0 Å². The van der Waals surface area contributed by atoms with Gasteiger partial charge in [0.15, 0.2) is 5.76 Å². The van der Waals surface area contributed by atoms with Gasteiger partial charge in [-0.2, -0.15) is 0 Å². The molecule has 0 fully saturated rings. The number of carbonyl (C=O) groups is 1. The number of aryl methyl sites for hydroxylation is 2. The van der Waals surface area contributed by atoms with Crippen molar-refractivity contribution >= 4 is 27.0 Å². The van der Waals surface area contributed by atoms with Gasteiger partial charge in [0.1, 0.15) is 18.0 Å². The number of carbonyl (C=O) groups excluding carboxylic acids is 1. The molecule has 1 aromatic carbocycles. The lowest BCUT2D eigenvalue weighted by molar-refractivity contribution is 0.0454. The molecule has 0 N–H and O–H groups in total. The smallest absolute Gasteiger partial charge is 0.344 e. The van der Waals surface area contributed by atoms with Gasteiger partial charge in [0, 0.05) is 26.6 Å². The second-order valence-corrected chi connectivity index (χ2v) is 9.60. The molecule has 0 saturated heterocycles. The van der Waals surface area contributed by atoms with E-state index in [-0.39, 0.29) is 17.4 Å². The molecule has 162 valence electrons. The number of esters is 1. The van der Waals surface area contributed by atoms with Gasteiger partial charge in [0.25, 0.3) is 0 Å². The molecular weight excluding hydrogens is 408 g/mol. The normalized spacial score (nSPS) is 12.3. The molecule has 3 aromatic rings. The van der Waals surface area contributed by atoms with Gasteiger partial charge in [-0.25, -0.2) is 22.5 Å². The molecule has 0 aliphatic carbocycles. The molecule has 3 rings (SSSR count). The first-order chi connectivity index (χ1) is 14.1.